The normalized spacial score (nSPS) is 18.8. The molecule has 0 bridgehead atoms. The highest BCUT2D eigenvalue weighted by atomic mass is 35.5. The van der Waals surface area contributed by atoms with Crippen LogP contribution in [-0.2, 0) is 10.0 Å². The molecule has 12 heteroatoms. The standard InChI is InChI=1S/C21H21ClF2N4O3S2/c1-12-26-21(32-27-12)28-33(29,30)20-9-17(23)19(8-18(20)24)31-11-14-10-25-7-6-16(14)13-2-4-15(22)5-3-13/h2-5,8-9,14,16,25H,6-7,10-11H2,1H3,(H,26,27,28)/t14-,16-/m1/s1. The Hall–Kier alpha value is -2.34. The molecule has 2 N–H and O–H groups in total. The van der Waals surface area contributed by atoms with E-state index < -0.39 is 26.6 Å². The van der Waals surface area contributed by atoms with Crippen LogP contribution in [-0.4, -0.2) is 37.5 Å². The van der Waals surface area contributed by atoms with Crippen molar-refractivity contribution in [3.05, 3.63) is 64.4 Å². The average Bonchev–Trinajstić information content (AvgIpc) is 3.18. The Labute approximate surface area is 199 Å². The van der Waals surface area contributed by atoms with Gasteiger partial charge in [0.05, 0.1) is 6.61 Å². The first-order valence-corrected chi connectivity index (χ1v) is 12.8. The highest BCUT2D eigenvalue weighted by Crippen LogP contribution is 2.33. The average molecular weight is 515 g/mol. The smallest absolute Gasteiger partial charge is 0.266 e. The molecule has 1 aromatic heterocycles. The number of ether oxygens (including phenoxy) is 1. The molecule has 0 unspecified atom stereocenters. The van der Waals surface area contributed by atoms with Gasteiger partial charge in [0, 0.05) is 41.2 Å². The third-order valence-electron chi connectivity index (χ3n) is 5.38. The molecule has 1 saturated heterocycles. The second-order valence-electron chi connectivity index (χ2n) is 7.69. The van der Waals surface area contributed by atoms with Crippen LogP contribution in [0.5, 0.6) is 5.75 Å². The lowest BCUT2D eigenvalue weighted by Crippen LogP contribution is -2.38. The number of nitrogens with one attached hydrogen (secondary N) is 2. The number of halogens is 3. The fourth-order valence-corrected chi connectivity index (χ4v) is 5.78. The van der Waals surface area contributed by atoms with Gasteiger partial charge in [0.1, 0.15) is 16.5 Å². The van der Waals surface area contributed by atoms with Gasteiger partial charge in [-0.15, -0.1) is 0 Å². The number of anilines is 1. The van der Waals surface area contributed by atoms with Crippen molar-refractivity contribution in [2.75, 3.05) is 24.4 Å². The van der Waals surface area contributed by atoms with E-state index in [2.05, 4.69) is 19.4 Å². The van der Waals surface area contributed by atoms with Gasteiger partial charge in [-0.05, 0) is 43.5 Å². The van der Waals surface area contributed by atoms with Gasteiger partial charge in [0.25, 0.3) is 10.0 Å². The summed E-state index contributed by atoms with van der Waals surface area (Å²) in [6.07, 6.45) is 0.862. The maximum Gasteiger partial charge on any atom is 0.266 e. The van der Waals surface area contributed by atoms with Gasteiger partial charge in [-0.1, -0.05) is 23.7 Å². The van der Waals surface area contributed by atoms with E-state index in [1.54, 1.807) is 6.92 Å². The molecular weight excluding hydrogens is 494 g/mol. The number of aromatic nitrogens is 2. The molecule has 0 spiro atoms. The lowest BCUT2D eigenvalue weighted by Gasteiger charge is -2.32. The van der Waals surface area contributed by atoms with Crippen LogP contribution in [0.2, 0.25) is 5.02 Å². The summed E-state index contributed by atoms with van der Waals surface area (Å²) in [5.41, 5.74) is 1.10. The Kier molecular flexibility index (Phi) is 7.13. The van der Waals surface area contributed by atoms with Crippen molar-refractivity contribution in [2.45, 2.75) is 24.2 Å². The van der Waals surface area contributed by atoms with E-state index in [4.69, 9.17) is 16.3 Å². The predicted molar refractivity (Wildman–Crippen MR) is 122 cm³/mol. The second-order valence-corrected chi connectivity index (χ2v) is 10.5. The lowest BCUT2D eigenvalue weighted by atomic mass is 9.81. The molecule has 2 heterocycles. The van der Waals surface area contributed by atoms with Crippen molar-refractivity contribution in [3.8, 4) is 5.75 Å². The van der Waals surface area contributed by atoms with Gasteiger partial charge in [0.2, 0.25) is 5.13 Å². The van der Waals surface area contributed by atoms with Crippen molar-refractivity contribution in [3.63, 3.8) is 0 Å². The van der Waals surface area contributed by atoms with Crippen LogP contribution in [0.3, 0.4) is 0 Å². The number of hydrogen-bond donors (Lipinski definition) is 2. The molecule has 0 aliphatic carbocycles. The summed E-state index contributed by atoms with van der Waals surface area (Å²) in [5, 5.41) is 3.90. The van der Waals surface area contributed by atoms with Crippen LogP contribution < -0.4 is 14.8 Å². The molecular formula is C21H21ClF2N4O3S2. The SMILES string of the molecule is Cc1nsc(NS(=O)(=O)c2cc(F)c(OC[C@H]3CNCC[C@@H]3c3ccc(Cl)cc3)cc2F)n1. The van der Waals surface area contributed by atoms with Crippen LogP contribution >= 0.6 is 23.1 Å². The third-order valence-corrected chi connectivity index (χ3v) is 7.84. The van der Waals surface area contributed by atoms with Crippen LogP contribution in [0, 0.1) is 24.5 Å². The Morgan fingerprint density at radius 1 is 1.24 bits per heavy atom. The molecule has 1 fully saturated rings. The maximum atomic E-state index is 14.7. The van der Waals surface area contributed by atoms with Gasteiger partial charge < -0.3 is 10.1 Å². The lowest BCUT2D eigenvalue weighted by molar-refractivity contribution is 0.190. The largest absolute Gasteiger partial charge is 0.490 e. The molecule has 4 rings (SSSR count). The fourth-order valence-electron chi connectivity index (χ4n) is 3.78. The van der Waals surface area contributed by atoms with E-state index in [1.807, 2.05) is 24.3 Å². The van der Waals surface area contributed by atoms with Crippen molar-refractivity contribution >= 4 is 38.3 Å². The van der Waals surface area contributed by atoms with E-state index >= 15 is 0 Å². The summed E-state index contributed by atoms with van der Waals surface area (Å²) < 4.78 is 65.9. The first-order valence-electron chi connectivity index (χ1n) is 10.1. The Balaban J connectivity index is 1.49. The van der Waals surface area contributed by atoms with E-state index in [0.717, 1.165) is 36.1 Å². The molecule has 0 radical (unpaired) electrons. The van der Waals surface area contributed by atoms with Gasteiger partial charge in [-0.25, -0.2) is 22.2 Å². The third kappa shape index (κ3) is 5.60. The van der Waals surface area contributed by atoms with E-state index in [1.165, 1.54) is 0 Å². The van der Waals surface area contributed by atoms with E-state index in [-0.39, 0.29) is 29.3 Å². The summed E-state index contributed by atoms with van der Waals surface area (Å²) >= 11 is 6.79. The van der Waals surface area contributed by atoms with Gasteiger partial charge in [-0.3, -0.25) is 4.72 Å². The van der Waals surface area contributed by atoms with Crippen LogP contribution in [0.1, 0.15) is 23.7 Å². The highest BCUT2D eigenvalue weighted by Gasteiger charge is 2.28. The minimum atomic E-state index is -4.39. The number of benzene rings is 2. The maximum absolute atomic E-state index is 14.7. The van der Waals surface area contributed by atoms with Crippen molar-refractivity contribution in [1.29, 1.82) is 0 Å². The molecule has 2 aromatic carbocycles. The summed E-state index contributed by atoms with van der Waals surface area (Å²) in [4.78, 5) is 3.04. The number of nitrogens with zero attached hydrogens (tertiary/aromatic N) is 2. The Morgan fingerprint density at radius 2 is 2.00 bits per heavy atom. The molecule has 1 aliphatic heterocycles. The second kappa shape index (κ2) is 9.88. The summed E-state index contributed by atoms with van der Waals surface area (Å²) in [6.45, 7) is 3.20. The first-order chi connectivity index (χ1) is 15.7. The summed E-state index contributed by atoms with van der Waals surface area (Å²) in [5.74, 6) is -1.92. The van der Waals surface area contributed by atoms with E-state index in [0.29, 0.717) is 23.5 Å². The Morgan fingerprint density at radius 3 is 2.70 bits per heavy atom. The highest BCUT2D eigenvalue weighted by molar-refractivity contribution is 7.93. The monoisotopic (exact) mass is 514 g/mol. The molecule has 2 atom stereocenters. The predicted octanol–water partition coefficient (Wildman–Crippen LogP) is 4.35. The van der Waals surface area contributed by atoms with Gasteiger partial charge in [-0.2, -0.15) is 4.37 Å². The zero-order chi connectivity index (χ0) is 23.6. The van der Waals surface area contributed by atoms with Crippen LogP contribution in [0.4, 0.5) is 13.9 Å². The first kappa shape index (κ1) is 23.8. The van der Waals surface area contributed by atoms with Gasteiger partial charge >= 0.3 is 0 Å². The number of hydrogen-bond acceptors (Lipinski definition) is 7. The fraction of sp³-hybridized carbons (Fsp3) is 0.333. The Bertz CT molecular complexity index is 1240. The molecule has 3 aromatic rings. The van der Waals surface area contributed by atoms with Crippen molar-refractivity contribution in [1.82, 2.24) is 14.7 Å². The van der Waals surface area contributed by atoms with E-state index in [9.17, 15) is 17.2 Å². The zero-order valence-electron chi connectivity index (χ0n) is 17.5. The van der Waals surface area contributed by atoms with Crippen molar-refractivity contribution < 1.29 is 21.9 Å². The molecule has 0 saturated carbocycles. The molecule has 176 valence electrons. The number of rotatable bonds is 7. The van der Waals surface area contributed by atoms with Crippen LogP contribution in [0.15, 0.2) is 41.3 Å². The quantitative estimate of drug-likeness (QED) is 0.487. The summed E-state index contributed by atoms with van der Waals surface area (Å²) in [7, 11) is -4.39. The minimum Gasteiger partial charge on any atom is -0.490 e. The molecule has 0 amide bonds. The molecule has 1 aliphatic rings. The van der Waals surface area contributed by atoms with Crippen LogP contribution in [0.25, 0.3) is 0 Å². The number of sulfonamides is 1. The van der Waals surface area contributed by atoms with Gasteiger partial charge in [0.15, 0.2) is 11.6 Å². The number of piperidine rings is 1. The topological polar surface area (TPSA) is 93.2 Å². The van der Waals surface area contributed by atoms with Crippen molar-refractivity contribution in [2.24, 2.45) is 5.92 Å². The summed E-state index contributed by atoms with van der Waals surface area (Å²) in [6, 6.07) is 8.92. The zero-order valence-corrected chi connectivity index (χ0v) is 19.9. The molecule has 33 heavy (non-hydrogen) atoms. The minimum absolute atomic E-state index is 0.00750. The number of aryl methyl sites for hydroxylation is 1. The molecule has 7 nitrogen and oxygen atoms in total.